The second-order valence-electron chi connectivity index (χ2n) is 5.57. The van der Waals surface area contributed by atoms with Crippen LogP contribution in [0.4, 0.5) is 5.95 Å². The summed E-state index contributed by atoms with van der Waals surface area (Å²) < 4.78 is 1.14. The highest BCUT2D eigenvalue weighted by atomic mass is 79.9. The van der Waals surface area contributed by atoms with Crippen molar-refractivity contribution >= 4 is 21.9 Å². The van der Waals surface area contributed by atoms with E-state index in [0.717, 1.165) is 41.2 Å². The largest absolute Gasteiger partial charge is 0.336 e. The minimum atomic E-state index is 0.778. The molecule has 0 saturated carbocycles. The maximum absolute atomic E-state index is 4.72. The average Bonchev–Trinajstić information content (AvgIpc) is 2.62. The van der Waals surface area contributed by atoms with Crippen molar-refractivity contribution in [2.75, 3.05) is 11.4 Å². The van der Waals surface area contributed by atoms with Crippen LogP contribution < -0.4 is 4.90 Å². The van der Waals surface area contributed by atoms with E-state index < -0.39 is 0 Å². The van der Waals surface area contributed by atoms with Crippen molar-refractivity contribution in [2.45, 2.75) is 13.0 Å². The molecule has 0 saturated heterocycles. The fourth-order valence-corrected chi connectivity index (χ4v) is 3.28. The molecule has 0 N–H and O–H groups in total. The van der Waals surface area contributed by atoms with E-state index in [1.807, 2.05) is 30.6 Å². The van der Waals surface area contributed by atoms with Gasteiger partial charge in [-0.3, -0.25) is 4.98 Å². The van der Waals surface area contributed by atoms with Crippen molar-refractivity contribution in [3.8, 4) is 11.3 Å². The second-order valence-corrected chi connectivity index (χ2v) is 6.48. The van der Waals surface area contributed by atoms with Crippen molar-refractivity contribution in [2.24, 2.45) is 0 Å². The molecule has 4 rings (SSSR count). The summed E-state index contributed by atoms with van der Waals surface area (Å²) in [4.78, 5) is 15.6. The monoisotopic (exact) mass is 366 g/mol. The highest BCUT2D eigenvalue weighted by Crippen LogP contribution is 2.26. The van der Waals surface area contributed by atoms with Gasteiger partial charge in [-0.05, 0) is 47.9 Å². The number of hydrogen-bond donors (Lipinski definition) is 0. The first-order valence-electron chi connectivity index (χ1n) is 7.55. The van der Waals surface area contributed by atoms with Gasteiger partial charge < -0.3 is 4.90 Å². The predicted octanol–water partition coefficient (Wildman–Crippen LogP) is 3.86. The minimum absolute atomic E-state index is 0.778. The fourth-order valence-electron chi connectivity index (χ4n) is 2.87. The summed E-state index contributed by atoms with van der Waals surface area (Å²) >= 11 is 3.54. The summed E-state index contributed by atoms with van der Waals surface area (Å²) in [5, 5.41) is 0. The Bertz CT molecular complexity index is 835. The van der Waals surface area contributed by atoms with E-state index in [4.69, 9.17) is 4.98 Å². The standard InChI is InChI=1S/C18H15BrN4/c19-16-4-3-15-12-23(9-6-13(15)10-16)18-21-8-5-17(22-18)14-2-1-7-20-11-14/h1-5,7-8,10-11H,6,9,12H2. The molecule has 4 nitrogen and oxygen atoms in total. The van der Waals surface area contributed by atoms with Crippen molar-refractivity contribution in [1.82, 2.24) is 15.0 Å². The van der Waals surface area contributed by atoms with Crippen molar-refractivity contribution in [3.05, 3.63) is 70.6 Å². The van der Waals surface area contributed by atoms with Crippen molar-refractivity contribution in [3.63, 3.8) is 0 Å². The smallest absolute Gasteiger partial charge is 0.226 e. The molecule has 0 radical (unpaired) electrons. The topological polar surface area (TPSA) is 41.9 Å². The number of pyridine rings is 1. The number of anilines is 1. The molecular weight excluding hydrogens is 352 g/mol. The Morgan fingerprint density at radius 1 is 1.04 bits per heavy atom. The van der Waals surface area contributed by atoms with Crippen LogP contribution in [0.5, 0.6) is 0 Å². The molecule has 2 aromatic heterocycles. The molecule has 0 amide bonds. The lowest BCUT2D eigenvalue weighted by Crippen LogP contribution is -2.31. The number of nitrogens with zero attached hydrogens (tertiary/aromatic N) is 4. The molecule has 23 heavy (non-hydrogen) atoms. The van der Waals surface area contributed by atoms with Gasteiger partial charge >= 0.3 is 0 Å². The summed E-state index contributed by atoms with van der Waals surface area (Å²) in [5.41, 5.74) is 4.66. The maximum atomic E-state index is 4.72. The van der Waals surface area contributed by atoms with E-state index in [-0.39, 0.29) is 0 Å². The first-order valence-corrected chi connectivity index (χ1v) is 8.34. The lowest BCUT2D eigenvalue weighted by molar-refractivity contribution is 0.708. The lowest BCUT2D eigenvalue weighted by Gasteiger charge is -2.29. The Kier molecular flexibility index (Phi) is 3.79. The number of halogens is 1. The molecule has 0 bridgehead atoms. The summed E-state index contributed by atoms with van der Waals surface area (Å²) in [5.74, 6) is 0.778. The Labute approximate surface area is 143 Å². The second kappa shape index (κ2) is 6.08. The van der Waals surface area contributed by atoms with Gasteiger partial charge in [-0.1, -0.05) is 22.0 Å². The molecule has 3 heterocycles. The van der Waals surface area contributed by atoms with Crippen LogP contribution in [0.3, 0.4) is 0 Å². The molecule has 114 valence electrons. The van der Waals surface area contributed by atoms with E-state index >= 15 is 0 Å². The number of benzene rings is 1. The SMILES string of the molecule is Brc1ccc2c(c1)CCN(c1nccc(-c3cccnc3)n1)C2. The first-order chi connectivity index (χ1) is 11.3. The third-order valence-corrected chi connectivity index (χ3v) is 4.56. The van der Waals surface area contributed by atoms with Gasteiger partial charge in [-0.25, -0.2) is 9.97 Å². The number of rotatable bonds is 2. The molecule has 0 aliphatic carbocycles. The summed E-state index contributed by atoms with van der Waals surface area (Å²) in [6, 6.07) is 12.3. The van der Waals surface area contributed by atoms with E-state index in [1.165, 1.54) is 11.1 Å². The Morgan fingerprint density at radius 2 is 2.00 bits per heavy atom. The molecule has 0 spiro atoms. The lowest BCUT2D eigenvalue weighted by atomic mass is 10.0. The van der Waals surface area contributed by atoms with Crippen LogP contribution in [0.15, 0.2) is 59.5 Å². The van der Waals surface area contributed by atoms with Gasteiger partial charge in [0.25, 0.3) is 0 Å². The van der Waals surface area contributed by atoms with Gasteiger partial charge in [0.1, 0.15) is 0 Å². The van der Waals surface area contributed by atoms with Crippen LogP contribution >= 0.6 is 15.9 Å². The van der Waals surface area contributed by atoms with Crippen LogP contribution in [0, 0.1) is 0 Å². The summed E-state index contributed by atoms with van der Waals surface area (Å²) in [7, 11) is 0. The van der Waals surface area contributed by atoms with Gasteiger partial charge in [0.15, 0.2) is 0 Å². The summed E-state index contributed by atoms with van der Waals surface area (Å²) in [6.07, 6.45) is 6.43. The first kappa shape index (κ1) is 14.3. The highest BCUT2D eigenvalue weighted by molar-refractivity contribution is 9.10. The molecule has 1 aliphatic rings. The van der Waals surface area contributed by atoms with Gasteiger partial charge in [-0.2, -0.15) is 0 Å². The van der Waals surface area contributed by atoms with Crippen LogP contribution in [0.25, 0.3) is 11.3 Å². The molecule has 1 aliphatic heterocycles. The van der Waals surface area contributed by atoms with E-state index in [1.54, 1.807) is 6.20 Å². The van der Waals surface area contributed by atoms with E-state index in [0.29, 0.717) is 0 Å². The number of fused-ring (bicyclic) bond motifs is 1. The van der Waals surface area contributed by atoms with Crippen LogP contribution in [-0.2, 0) is 13.0 Å². The van der Waals surface area contributed by atoms with Gasteiger partial charge in [-0.15, -0.1) is 0 Å². The third-order valence-electron chi connectivity index (χ3n) is 4.06. The van der Waals surface area contributed by atoms with Crippen molar-refractivity contribution < 1.29 is 0 Å². The Hall–Kier alpha value is -2.27. The maximum Gasteiger partial charge on any atom is 0.226 e. The van der Waals surface area contributed by atoms with Crippen molar-refractivity contribution in [1.29, 1.82) is 0 Å². The number of hydrogen-bond acceptors (Lipinski definition) is 4. The zero-order chi connectivity index (χ0) is 15.6. The fraction of sp³-hybridized carbons (Fsp3) is 0.167. The molecule has 3 aromatic rings. The van der Waals surface area contributed by atoms with Crippen LogP contribution in [0.2, 0.25) is 0 Å². The zero-order valence-corrected chi connectivity index (χ0v) is 14.1. The van der Waals surface area contributed by atoms with E-state index in [2.05, 4.69) is 49.0 Å². The molecule has 0 fully saturated rings. The van der Waals surface area contributed by atoms with Crippen LogP contribution in [-0.4, -0.2) is 21.5 Å². The Morgan fingerprint density at radius 3 is 2.87 bits per heavy atom. The molecule has 1 aromatic carbocycles. The predicted molar refractivity (Wildman–Crippen MR) is 94.2 cm³/mol. The van der Waals surface area contributed by atoms with Gasteiger partial charge in [0, 0.05) is 41.7 Å². The Balaban J connectivity index is 1.63. The molecule has 0 unspecified atom stereocenters. The normalized spacial score (nSPS) is 13.7. The third kappa shape index (κ3) is 2.97. The zero-order valence-electron chi connectivity index (χ0n) is 12.5. The molecule has 0 atom stereocenters. The molecular formula is C18H15BrN4. The summed E-state index contributed by atoms with van der Waals surface area (Å²) in [6.45, 7) is 1.78. The van der Waals surface area contributed by atoms with Gasteiger partial charge in [0.05, 0.1) is 5.69 Å². The average molecular weight is 367 g/mol. The van der Waals surface area contributed by atoms with Gasteiger partial charge in [0.2, 0.25) is 5.95 Å². The minimum Gasteiger partial charge on any atom is -0.336 e. The van der Waals surface area contributed by atoms with Crippen LogP contribution in [0.1, 0.15) is 11.1 Å². The van der Waals surface area contributed by atoms with E-state index in [9.17, 15) is 0 Å². The highest BCUT2D eigenvalue weighted by Gasteiger charge is 2.19. The number of aromatic nitrogens is 3. The quantitative estimate of drug-likeness (QED) is 0.690. The molecule has 5 heteroatoms.